The van der Waals surface area contributed by atoms with Gasteiger partial charge in [0.15, 0.2) is 0 Å². The molecule has 0 saturated carbocycles. The normalized spacial score (nSPS) is 23.0. The molecule has 0 spiro atoms. The lowest BCUT2D eigenvalue weighted by atomic mass is 10.0. The predicted molar refractivity (Wildman–Crippen MR) is 93.9 cm³/mol. The third kappa shape index (κ3) is 3.61. The minimum Gasteiger partial charge on any atom is -0.336 e. The van der Waals surface area contributed by atoms with Gasteiger partial charge in [0.2, 0.25) is 0 Å². The van der Waals surface area contributed by atoms with Crippen LogP contribution in [0.15, 0.2) is 18.2 Å². The van der Waals surface area contributed by atoms with E-state index < -0.39 is 0 Å². The van der Waals surface area contributed by atoms with Crippen LogP contribution in [0.3, 0.4) is 0 Å². The molecule has 2 heterocycles. The minimum absolute atomic E-state index is 0.0948. The number of carbonyl (C=O) groups is 1. The quantitative estimate of drug-likeness (QED) is 0.830. The third-order valence-electron chi connectivity index (χ3n) is 5.30. The molecule has 128 valence electrons. The van der Waals surface area contributed by atoms with Crippen molar-refractivity contribution in [1.82, 2.24) is 14.7 Å². The first-order valence-electron chi connectivity index (χ1n) is 8.81. The Kier molecular flexibility index (Phi) is 5.17. The Bertz CT molecular complexity index is 643. The van der Waals surface area contributed by atoms with Crippen LogP contribution < -0.4 is 0 Å². The van der Waals surface area contributed by atoms with E-state index >= 15 is 0 Å². The molecule has 1 aromatic rings. The molecular formula is C19H26N4O. The molecule has 2 aliphatic heterocycles. The van der Waals surface area contributed by atoms with Gasteiger partial charge in [-0.1, -0.05) is 0 Å². The van der Waals surface area contributed by atoms with Gasteiger partial charge in [-0.2, -0.15) is 5.26 Å². The van der Waals surface area contributed by atoms with Crippen molar-refractivity contribution in [3.63, 3.8) is 0 Å². The van der Waals surface area contributed by atoms with Gasteiger partial charge in [0.1, 0.15) is 0 Å². The van der Waals surface area contributed by atoms with Crippen LogP contribution >= 0.6 is 0 Å². The molecule has 1 unspecified atom stereocenters. The second-order valence-corrected chi connectivity index (χ2v) is 7.03. The van der Waals surface area contributed by atoms with E-state index in [-0.39, 0.29) is 5.91 Å². The van der Waals surface area contributed by atoms with E-state index in [2.05, 4.69) is 22.9 Å². The number of amides is 1. The van der Waals surface area contributed by atoms with Crippen LogP contribution in [-0.2, 0) is 0 Å². The number of piperazine rings is 1. The van der Waals surface area contributed by atoms with Gasteiger partial charge in [-0.3, -0.25) is 9.69 Å². The van der Waals surface area contributed by atoms with Crippen LogP contribution in [0.2, 0.25) is 0 Å². The lowest BCUT2D eigenvalue weighted by Crippen LogP contribution is -2.55. The largest absolute Gasteiger partial charge is 0.336 e. The van der Waals surface area contributed by atoms with Gasteiger partial charge in [-0.25, -0.2) is 0 Å². The zero-order valence-corrected chi connectivity index (χ0v) is 14.7. The summed E-state index contributed by atoms with van der Waals surface area (Å²) in [5.41, 5.74) is 2.21. The number of nitrogens with zero attached hydrogens (tertiary/aromatic N) is 4. The van der Waals surface area contributed by atoms with Crippen molar-refractivity contribution in [2.45, 2.75) is 25.8 Å². The van der Waals surface area contributed by atoms with E-state index in [0.717, 1.165) is 43.9 Å². The average molecular weight is 326 g/mol. The second kappa shape index (κ2) is 7.33. The van der Waals surface area contributed by atoms with Gasteiger partial charge >= 0.3 is 0 Å². The van der Waals surface area contributed by atoms with E-state index in [0.29, 0.717) is 11.6 Å². The zero-order chi connectivity index (χ0) is 17.1. The maximum Gasteiger partial charge on any atom is 0.254 e. The highest BCUT2D eigenvalue weighted by Gasteiger charge is 2.29. The summed E-state index contributed by atoms with van der Waals surface area (Å²) >= 11 is 0. The highest BCUT2D eigenvalue weighted by molar-refractivity contribution is 5.95. The Morgan fingerprint density at radius 2 is 1.96 bits per heavy atom. The number of likely N-dealkylation sites (tertiary alicyclic amines) is 1. The van der Waals surface area contributed by atoms with Gasteiger partial charge in [0.05, 0.1) is 11.6 Å². The van der Waals surface area contributed by atoms with Crippen LogP contribution in [0.25, 0.3) is 0 Å². The second-order valence-electron chi connectivity index (χ2n) is 7.03. The molecular weight excluding hydrogens is 300 g/mol. The van der Waals surface area contributed by atoms with Gasteiger partial charge in [0, 0.05) is 44.3 Å². The molecule has 1 aromatic carbocycles. The molecule has 0 aromatic heterocycles. The van der Waals surface area contributed by atoms with Crippen LogP contribution in [-0.4, -0.2) is 73.0 Å². The van der Waals surface area contributed by atoms with E-state index in [4.69, 9.17) is 5.26 Å². The Balaban J connectivity index is 1.60. The molecule has 0 aliphatic carbocycles. The summed E-state index contributed by atoms with van der Waals surface area (Å²) in [7, 11) is 2.19. The van der Waals surface area contributed by atoms with Crippen LogP contribution in [0, 0.1) is 18.3 Å². The lowest BCUT2D eigenvalue weighted by Gasteiger charge is -2.42. The van der Waals surface area contributed by atoms with Crippen molar-refractivity contribution in [3.8, 4) is 6.07 Å². The van der Waals surface area contributed by atoms with Crippen molar-refractivity contribution in [1.29, 1.82) is 5.26 Å². The monoisotopic (exact) mass is 326 g/mol. The number of hydrogen-bond donors (Lipinski definition) is 0. The summed E-state index contributed by atoms with van der Waals surface area (Å²) < 4.78 is 0. The lowest BCUT2D eigenvalue weighted by molar-refractivity contribution is 0.0451. The van der Waals surface area contributed by atoms with Gasteiger partial charge in [-0.15, -0.1) is 0 Å². The zero-order valence-electron chi connectivity index (χ0n) is 14.7. The van der Waals surface area contributed by atoms with Gasteiger partial charge < -0.3 is 9.80 Å². The smallest absolute Gasteiger partial charge is 0.254 e. The summed E-state index contributed by atoms with van der Waals surface area (Å²) in [5, 5.41) is 8.96. The molecule has 1 atom stereocenters. The Morgan fingerprint density at radius 1 is 1.21 bits per heavy atom. The average Bonchev–Trinajstić information content (AvgIpc) is 2.61. The molecule has 0 radical (unpaired) electrons. The summed E-state index contributed by atoms with van der Waals surface area (Å²) in [6, 6.07) is 8.07. The number of nitriles is 1. The molecule has 2 saturated heterocycles. The fourth-order valence-corrected chi connectivity index (χ4v) is 3.87. The van der Waals surface area contributed by atoms with Gasteiger partial charge in [0.25, 0.3) is 5.91 Å². The van der Waals surface area contributed by atoms with Gasteiger partial charge in [-0.05, 0) is 57.1 Å². The first-order valence-corrected chi connectivity index (χ1v) is 8.81. The number of aryl methyl sites for hydroxylation is 1. The Labute approximate surface area is 144 Å². The van der Waals surface area contributed by atoms with Crippen LogP contribution in [0.1, 0.15) is 34.3 Å². The number of likely N-dealkylation sites (N-methyl/N-ethyl adjacent to an activating group) is 1. The topological polar surface area (TPSA) is 50.6 Å². The van der Waals surface area contributed by atoms with Crippen molar-refractivity contribution < 1.29 is 4.79 Å². The van der Waals surface area contributed by atoms with Crippen molar-refractivity contribution >= 4 is 5.91 Å². The summed E-state index contributed by atoms with van der Waals surface area (Å²) in [4.78, 5) is 19.7. The van der Waals surface area contributed by atoms with E-state index in [9.17, 15) is 4.79 Å². The van der Waals surface area contributed by atoms with E-state index in [1.54, 1.807) is 18.2 Å². The maximum absolute atomic E-state index is 12.8. The minimum atomic E-state index is 0.0948. The fraction of sp³-hybridized carbons (Fsp3) is 0.579. The number of rotatable bonds is 2. The molecule has 2 fully saturated rings. The molecule has 3 rings (SSSR count). The summed E-state index contributed by atoms with van der Waals surface area (Å²) in [6.07, 6.45) is 2.54. The van der Waals surface area contributed by atoms with E-state index in [1.165, 1.54) is 19.4 Å². The van der Waals surface area contributed by atoms with Crippen molar-refractivity contribution in [2.24, 2.45) is 0 Å². The molecule has 24 heavy (non-hydrogen) atoms. The maximum atomic E-state index is 12.8. The van der Waals surface area contributed by atoms with Crippen LogP contribution in [0.4, 0.5) is 0 Å². The van der Waals surface area contributed by atoms with E-state index in [1.807, 2.05) is 11.8 Å². The first-order chi connectivity index (χ1) is 11.6. The SMILES string of the molecule is Cc1cc(C#N)ccc1C(=O)N1CCN(C2CCCN(C)C2)CC1. The fourth-order valence-electron chi connectivity index (χ4n) is 3.87. The number of piperidine rings is 1. The Morgan fingerprint density at radius 3 is 2.58 bits per heavy atom. The van der Waals surface area contributed by atoms with Crippen LogP contribution in [0.5, 0.6) is 0 Å². The molecule has 0 N–H and O–H groups in total. The molecule has 0 bridgehead atoms. The molecule has 2 aliphatic rings. The highest BCUT2D eigenvalue weighted by Crippen LogP contribution is 2.19. The van der Waals surface area contributed by atoms with Crippen molar-refractivity contribution in [2.75, 3.05) is 46.3 Å². The van der Waals surface area contributed by atoms with Crippen molar-refractivity contribution in [3.05, 3.63) is 34.9 Å². The molecule has 5 heteroatoms. The summed E-state index contributed by atoms with van der Waals surface area (Å²) in [6.45, 7) is 7.74. The Hall–Kier alpha value is -1.90. The number of carbonyl (C=O) groups excluding carboxylic acids is 1. The molecule has 1 amide bonds. The third-order valence-corrected chi connectivity index (χ3v) is 5.30. The first kappa shape index (κ1) is 16.9. The summed E-state index contributed by atoms with van der Waals surface area (Å²) in [5.74, 6) is 0.0948. The predicted octanol–water partition coefficient (Wildman–Crippen LogP) is 1.72. The standard InChI is InChI=1S/C19H26N4O/c1-15-12-16(13-20)5-6-18(15)19(24)23-10-8-22(9-11-23)17-4-3-7-21(2)14-17/h5-6,12,17H,3-4,7-11,14H2,1-2H3. The number of hydrogen-bond acceptors (Lipinski definition) is 4. The highest BCUT2D eigenvalue weighted by atomic mass is 16.2. The number of benzene rings is 1. The molecule has 5 nitrogen and oxygen atoms in total.